The monoisotopic (exact) mass is 354 g/mol. The summed E-state index contributed by atoms with van der Waals surface area (Å²) in [7, 11) is 0. The summed E-state index contributed by atoms with van der Waals surface area (Å²) in [5, 5.41) is 3.24. The molecule has 0 aliphatic carbocycles. The number of H-pyrrole nitrogens is 1. The van der Waals surface area contributed by atoms with Crippen LogP contribution in [0.5, 0.6) is 0 Å². The standard InChI is InChI=1S/C20H23FN4O/c1-3-16-13(2)22-19-10-18(23-25(19)20(16)26)15-8-9-24(12-15)11-14-6-4-5-7-17(14)21/h4-7,10,15,23H,3,8-9,11-12H2,1-2H3/t15-/m1/s1. The Morgan fingerprint density at radius 2 is 2.15 bits per heavy atom. The summed E-state index contributed by atoms with van der Waals surface area (Å²) < 4.78 is 15.4. The maximum atomic E-state index is 13.9. The van der Waals surface area contributed by atoms with Gasteiger partial charge in [-0.25, -0.2) is 13.9 Å². The summed E-state index contributed by atoms with van der Waals surface area (Å²) in [5.74, 6) is 0.146. The molecule has 1 saturated heterocycles. The molecule has 5 nitrogen and oxygen atoms in total. The van der Waals surface area contributed by atoms with Gasteiger partial charge in [0.1, 0.15) is 5.82 Å². The third-order valence-corrected chi connectivity index (χ3v) is 5.35. The summed E-state index contributed by atoms with van der Waals surface area (Å²) in [6, 6.07) is 8.91. The van der Waals surface area contributed by atoms with Gasteiger partial charge >= 0.3 is 0 Å². The molecule has 0 bridgehead atoms. The summed E-state index contributed by atoms with van der Waals surface area (Å²) >= 11 is 0. The number of nitrogens with one attached hydrogen (secondary N) is 1. The zero-order chi connectivity index (χ0) is 18.3. The fraction of sp³-hybridized carbons (Fsp3) is 0.400. The van der Waals surface area contributed by atoms with Crippen LogP contribution in [0.2, 0.25) is 0 Å². The highest BCUT2D eigenvalue weighted by atomic mass is 19.1. The van der Waals surface area contributed by atoms with Crippen molar-refractivity contribution in [2.75, 3.05) is 13.1 Å². The summed E-state index contributed by atoms with van der Waals surface area (Å²) in [6.07, 6.45) is 1.66. The topological polar surface area (TPSA) is 53.4 Å². The van der Waals surface area contributed by atoms with Gasteiger partial charge in [-0.15, -0.1) is 0 Å². The lowest BCUT2D eigenvalue weighted by molar-refractivity contribution is 0.320. The fourth-order valence-corrected chi connectivity index (χ4v) is 3.90. The van der Waals surface area contributed by atoms with E-state index in [1.165, 1.54) is 6.07 Å². The van der Waals surface area contributed by atoms with Crippen LogP contribution in [0.4, 0.5) is 4.39 Å². The van der Waals surface area contributed by atoms with Gasteiger partial charge < -0.3 is 0 Å². The van der Waals surface area contributed by atoms with E-state index < -0.39 is 0 Å². The molecule has 1 atom stereocenters. The van der Waals surface area contributed by atoms with E-state index in [0.717, 1.165) is 42.0 Å². The Labute approximate surface area is 151 Å². The second-order valence-electron chi connectivity index (χ2n) is 7.05. The molecule has 1 aliphatic rings. The largest absolute Gasteiger partial charge is 0.298 e. The van der Waals surface area contributed by atoms with E-state index in [0.29, 0.717) is 24.5 Å². The van der Waals surface area contributed by atoms with Crippen molar-refractivity contribution in [1.82, 2.24) is 19.5 Å². The smallest absolute Gasteiger partial charge is 0.276 e. The fourth-order valence-electron chi connectivity index (χ4n) is 3.90. The molecule has 0 spiro atoms. The van der Waals surface area contributed by atoms with Gasteiger partial charge in [-0.2, -0.15) is 0 Å². The number of hydrogen-bond donors (Lipinski definition) is 1. The molecule has 26 heavy (non-hydrogen) atoms. The Morgan fingerprint density at radius 3 is 2.92 bits per heavy atom. The molecule has 0 unspecified atom stereocenters. The first-order valence-electron chi connectivity index (χ1n) is 9.13. The average Bonchev–Trinajstić information content (AvgIpc) is 3.24. The summed E-state index contributed by atoms with van der Waals surface area (Å²) in [4.78, 5) is 19.4. The van der Waals surface area contributed by atoms with E-state index in [1.807, 2.05) is 32.0 Å². The molecule has 1 aliphatic heterocycles. The maximum absolute atomic E-state index is 13.9. The Hall–Kier alpha value is -2.47. The number of rotatable bonds is 4. The second kappa shape index (κ2) is 6.68. The highest BCUT2D eigenvalue weighted by molar-refractivity contribution is 5.42. The number of aromatic nitrogens is 3. The number of benzene rings is 1. The molecule has 136 valence electrons. The van der Waals surface area contributed by atoms with E-state index in [4.69, 9.17) is 0 Å². The van der Waals surface area contributed by atoms with E-state index in [9.17, 15) is 9.18 Å². The Bertz CT molecular complexity index is 1010. The number of nitrogens with zero attached hydrogens (tertiary/aromatic N) is 3. The lowest BCUT2D eigenvalue weighted by Gasteiger charge is -2.16. The Balaban J connectivity index is 1.56. The molecular weight excluding hydrogens is 331 g/mol. The minimum Gasteiger partial charge on any atom is -0.298 e. The van der Waals surface area contributed by atoms with Crippen LogP contribution in [-0.2, 0) is 13.0 Å². The molecule has 0 amide bonds. The van der Waals surface area contributed by atoms with Crippen molar-refractivity contribution < 1.29 is 4.39 Å². The van der Waals surface area contributed by atoms with Crippen molar-refractivity contribution >= 4 is 5.65 Å². The predicted octanol–water partition coefficient (Wildman–Crippen LogP) is 3.02. The van der Waals surface area contributed by atoms with Crippen LogP contribution in [0.25, 0.3) is 5.65 Å². The quantitative estimate of drug-likeness (QED) is 0.784. The van der Waals surface area contributed by atoms with Crippen molar-refractivity contribution in [3.63, 3.8) is 0 Å². The van der Waals surface area contributed by atoms with Gasteiger partial charge in [-0.3, -0.25) is 14.8 Å². The highest BCUT2D eigenvalue weighted by Crippen LogP contribution is 2.28. The van der Waals surface area contributed by atoms with E-state index in [1.54, 1.807) is 10.6 Å². The molecule has 3 heterocycles. The van der Waals surface area contributed by atoms with Gasteiger partial charge in [0.25, 0.3) is 5.56 Å². The van der Waals surface area contributed by atoms with Gasteiger partial charge in [0.05, 0.1) is 0 Å². The first-order chi connectivity index (χ1) is 12.6. The molecule has 1 aromatic carbocycles. The number of halogens is 1. The Kier molecular flexibility index (Phi) is 4.36. The SMILES string of the molecule is CCc1c(C)nc2cc([C@@H]3CCN(Cc4ccccc4F)C3)[nH]n2c1=O. The molecular formula is C20H23FN4O. The second-order valence-corrected chi connectivity index (χ2v) is 7.05. The zero-order valence-corrected chi connectivity index (χ0v) is 15.1. The number of aromatic amines is 1. The number of fused-ring (bicyclic) bond motifs is 1. The first kappa shape index (κ1) is 17.0. The zero-order valence-electron chi connectivity index (χ0n) is 15.1. The average molecular weight is 354 g/mol. The van der Waals surface area contributed by atoms with Crippen LogP contribution < -0.4 is 5.56 Å². The van der Waals surface area contributed by atoms with Gasteiger partial charge in [0.15, 0.2) is 5.65 Å². The number of aryl methyl sites for hydroxylation is 1. The molecule has 2 aromatic heterocycles. The minimum atomic E-state index is -0.153. The van der Waals surface area contributed by atoms with Gasteiger partial charge in [-0.05, 0) is 32.4 Å². The normalized spacial score (nSPS) is 18.0. The van der Waals surface area contributed by atoms with Crippen molar-refractivity contribution in [3.05, 3.63) is 69.0 Å². The van der Waals surface area contributed by atoms with Gasteiger partial charge in [0.2, 0.25) is 0 Å². The predicted molar refractivity (Wildman–Crippen MR) is 99.0 cm³/mol. The van der Waals surface area contributed by atoms with Crippen molar-refractivity contribution in [2.45, 2.75) is 39.2 Å². The number of likely N-dealkylation sites (tertiary alicyclic amines) is 1. The van der Waals surface area contributed by atoms with E-state index in [-0.39, 0.29) is 11.4 Å². The van der Waals surface area contributed by atoms with E-state index in [2.05, 4.69) is 15.0 Å². The van der Waals surface area contributed by atoms with Gasteiger partial charge in [0, 0.05) is 47.6 Å². The molecule has 0 radical (unpaired) electrons. The molecule has 1 N–H and O–H groups in total. The molecule has 3 aromatic rings. The van der Waals surface area contributed by atoms with Crippen LogP contribution in [0.1, 0.15) is 41.8 Å². The highest BCUT2D eigenvalue weighted by Gasteiger charge is 2.26. The molecule has 0 saturated carbocycles. The molecule has 6 heteroatoms. The van der Waals surface area contributed by atoms with Gasteiger partial charge in [-0.1, -0.05) is 25.1 Å². The lowest BCUT2D eigenvalue weighted by Crippen LogP contribution is -2.22. The third-order valence-electron chi connectivity index (χ3n) is 5.35. The Morgan fingerprint density at radius 1 is 1.35 bits per heavy atom. The van der Waals surface area contributed by atoms with Crippen molar-refractivity contribution in [3.8, 4) is 0 Å². The maximum Gasteiger partial charge on any atom is 0.276 e. The molecule has 4 rings (SSSR count). The van der Waals surface area contributed by atoms with Crippen LogP contribution in [0.3, 0.4) is 0 Å². The first-order valence-corrected chi connectivity index (χ1v) is 9.13. The van der Waals surface area contributed by atoms with E-state index >= 15 is 0 Å². The summed E-state index contributed by atoms with van der Waals surface area (Å²) in [6.45, 7) is 6.23. The lowest BCUT2D eigenvalue weighted by atomic mass is 10.1. The molecule has 1 fully saturated rings. The van der Waals surface area contributed by atoms with Crippen LogP contribution in [0, 0.1) is 12.7 Å². The van der Waals surface area contributed by atoms with Crippen molar-refractivity contribution in [2.24, 2.45) is 0 Å². The van der Waals surface area contributed by atoms with Crippen LogP contribution in [-0.4, -0.2) is 32.6 Å². The minimum absolute atomic E-state index is 0.0116. The van der Waals surface area contributed by atoms with Crippen molar-refractivity contribution in [1.29, 1.82) is 0 Å². The van der Waals surface area contributed by atoms with Crippen LogP contribution in [0.15, 0.2) is 35.1 Å². The van der Waals surface area contributed by atoms with Crippen LogP contribution >= 0.6 is 0 Å². The third kappa shape index (κ3) is 2.94. The number of hydrogen-bond acceptors (Lipinski definition) is 3. The summed E-state index contributed by atoms with van der Waals surface area (Å²) in [5.41, 5.74) is 3.97.